The predicted molar refractivity (Wildman–Crippen MR) is 146 cm³/mol. The number of unbranched alkanes of at least 4 members (excludes halogenated alkanes) is 3. The summed E-state index contributed by atoms with van der Waals surface area (Å²) in [6.45, 7) is 2.85. The molecule has 2 aromatic carbocycles. The molecule has 0 spiro atoms. The minimum Gasteiger partial charge on any atom is -0.308 e. The van der Waals surface area contributed by atoms with Crippen molar-refractivity contribution in [3.8, 4) is 11.1 Å². The number of aryl methyl sites for hydroxylation is 1. The number of pyridine rings is 1. The predicted octanol–water partition coefficient (Wildman–Crippen LogP) is 5.31. The zero-order valence-electron chi connectivity index (χ0n) is 21.1. The molecule has 0 radical (unpaired) electrons. The second-order valence-corrected chi connectivity index (χ2v) is 12.4. The summed E-state index contributed by atoms with van der Waals surface area (Å²) >= 11 is 0. The second kappa shape index (κ2) is 11.2. The van der Waals surface area contributed by atoms with Crippen molar-refractivity contribution in [1.82, 2.24) is 15.6 Å². The smallest absolute Gasteiger partial charge is 0.184 e. The molecule has 1 aromatic heterocycles. The molecule has 190 valence electrons. The summed E-state index contributed by atoms with van der Waals surface area (Å²) in [6, 6.07) is 20.1. The molecule has 0 aliphatic carbocycles. The van der Waals surface area contributed by atoms with E-state index in [1.807, 2.05) is 36.5 Å². The van der Waals surface area contributed by atoms with Gasteiger partial charge in [0.1, 0.15) is 0 Å². The van der Waals surface area contributed by atoms with Gasteiger partial charge in [-0.05, 0) is 72.2 Å². The number of aromatic nitrogens is 1. The van der Waals surface area contributed by atoms with E-state index >= 15 is 0 Å². The van der Waals surface area contributed by atoms with Crippen molar-refractivity contribution < 1.29 is 8.42 Å². The van der Waals surface area contributed by atoms with Gasteiger partial charge in [-0.3, -0.25) is 4.98 Å². The molecule has 3 aromatic rings. The molecule has 6 heteroatoms. The van der Waals surface area contributed by atoms with Crippen LogP contribution in [0.5, 0.6) is 0 Å². The van der Waals surface area contributed by atoms with E-state index < -0.39 is 15.1 Å². The van der Waals surface area contributed by atoms with Gasteiger partial charge in [-0.15, -0.1) is 0 Å². The van der Waals surface area contributed by atoms with Crippen molar-refractivity contribution in [2.75, 3.05) is 0 Å². The Labute approximate surface area is 215 Å². The van der Waals surface area contributed by atoms with Crippen LogP contribution in [0.15, 0.2) is 78.0 Å². The van der Waals surface area contributed by atoms with Crippen molar-refractivity contribution in [3.63, 3.8) is 0 Å². The molecule has 2 saturated heterocycles. The summed E-state index contributed by atoms with van der Waals surface area (Å²) in [5.74, 6) is 0. The Bertz CT molecular complexity index is 1240. The van der Waals surface area contributed by atoms with E-state index in [0.717, 1.165) is 42.4 Å². The summed E-state index contributed by atoms with van der Waals surface area (Å²) in [5.41, 5.74) is 4.56. The van der Waals surface area contributed by atoms with Gasteiger partial charge in [0, 0.05) is 37.1 Å². The third kappa shape index (κ3) is 5.41. The molecule has 2 aliphatic heterocycles. The van der Waals surface area contributed by atoms with E-state index in [4.69, 9.17) is 0 Å². The van der Waals surface area contributed by atoms with Gasteiger partial charge in [0.05, 0.1) is 10.1 Å². The zero-order chi connectivity index (χ0) is 25.0. The molecule has 3 heterocycles. The molecule has 0 unspecified atom stereocenters. The molecule has 5 rings (SSSR count). The van der Waals surface area contributed by atoms with Crippen molar-refractivity contribution in [3.05, 3.63) is 84.2 Å². The van der Waals surface area contributed by atoms with Crippen molar-refractivity contribution in [1.29, 1.82) is 0 Å². The molecule has 36 heavy (non-hydrogen) atoms. The number of rotatable bonds is 11. The minimum atomic E-state index is -3.45. The number of sulfone groups is 1. The van der Waals surface area contributed by atoms with Crippen molar-refractivity contribution >= 4 is 9.84 Å². The molecule has 2 N–H and O–H groups in total. The van der Waals surface area contributed by atoms with Gasteiger partial charge in [-0.25, -0.2) is 8.42 Å². The Morgan fingerprint density at radius 3 is 2.50 bits per heavy atom. The highest BCUT2D eigenvalue weighted by Crippen LogP contribution is 2.36. The van der Waals surface area contributed by atoms with E-state index in [0.29, 0.717) is 11.4 Å². The lowest BCUT2D eigenvalue weighted by atomic mass is 9.94. The first-order valence-electron chi connectivity index (χ1n) is 13.4. The van der Waals surface area contributed by atoms with Crippen molar-refractivity contribution in [2.45, 2.75) is 86.7 Å². The van der Waals surface area contributed by atoms with Crippen LogP contribution in [0.2, 0.25) is 0 Å². The van der Waals surface area contributed by atoms with E-state index in [2.05, 4.69) is 52.9 Å². The molecule has 0 amide bonds. The van der Waals surface area contributed by atoms with E-state index in [1.165, 1.54) is 24.8 Å². The second-order valence-electron chi connectivity index (χ2n) is 10.3. The molecule has 4 atom stereocenters. The number of fused-ring (bicyclic) bond motifs is 2. The molecular weight excluding hydrogens is 466 g/mol. The highest BCUT2D eigenvalue weighted by atomic mass is 32.2. The fourth-order valence-electron chi connectivity index (χ4n) is 5.88. The number of benzene rings is 2. The van der Waals surface area contributed by atoms with Crippen LogP contribution in [0.4, 0.5) is 0 Å². The van der Waals surface area contributed by atoms with E-state index in [1.54, 1.807) is 6.20 Å². The maximum absolute atomic E-state index is 13.8. The van der Waals surface area contributed by atoms with Gasteiger partial charge in [-0.2, -0.15) is 0 Å². The largest absolute Gasteiger partial charge is 0.308 e. The lowest BCUT2D eigenvalue weighted by Crippen LogP contribution is -2.50. The van der Waals surface area contributed by atoms with Gasteiger partial charge in [0.15, 0.2) is 9.84 Å². The van der Waals surface area contributed by atoms with E-state index in [-0.39, 0.29) is 18.1 Å². The maximum atomic E-state index is 13.8. The third-order valence-corrected chi connectivity index (χ3v) is 10.1. The first-order chi connectivity index (χ1) is 17.6. The molecule has 2 aliphatic rings. The van der Waals surface area contributed by atoms with Crippen LogP contribution in [0, 0.1) is 0 Å². The Morgan fingerprint density at radius 2 is 1.72 bits per heavy atom. The summed E-state index contributed by atoms with van der Waals surface area (Å²) < 4.78 is 27.6. The monoisotopic (exact) mass is 503 g/mol. The number of hydrogen-bond acceptors (Lipinski definition) is 5. The van der Waals surface area contributed by atoms with Gasteiger partial charge >= 0.3 is 0 Å². The van der Waals surface area contributed by atoms with E-state index in [9.17, 15) is 8.42 Å². The summed E-state index contributed by atoms with van der Waals surface area (Å²) in [4.78, 5) is 4.68. The van der Waals surface area contributed by atoms with Crippen LogP contribution in [0.25, 0.3) is 11.1 Å². The minimum absolute atomic E-state index is 0.00736. The fraction of sp³-hybridized carbons (Fsp3) is 0.433. The lowest BCUT2D eigenvalue weighted by Gasteiger charge is -2.30. The topological polar surface area (TPSA) is 71.1 Å². The van der Waals surface area contributed by atoms with Crippen LogP contribution < -0.4 is 10.6 Å². The zero-order valence-corrected chi connectivity index (χ0v) is 21.9. The highest BCUT2D eigenvalue weighted by Gasteiger charge is 2.53. The number of nitrogens with one attached hydrogen (secondary N) is 2. The first kappa shape index (κ1) is 25.1. The SMILES string of the molecule is CCCCCCc1ccc(S(=O)(=O)[C@@H]2[C@@H](NCc3cccc(-c4cccnc4)c3)[C@@H]3CC[C@H]2N3)cc1. The Balaban J connectivity index is 1.28. The Hall–Kier alpha value is -2.54. The standard InChI is InChI=1S/C30H37N3O2S/c1-2-3-4-5-8-22-12-14-26(15-13-22)36(34,35)30-28-17-16-27(33-28)29(30)32-20-23-9-6-10-24(19-23)25-11-7-18-31-21-25/h6-7,9-15,18-19,21,27-30,32-33H,2-5,8,16-17,20H2,1H3/t27-,28+,29-,30-/m0/s1. The van der Waals surface area contributed by atoms with Crippen LogP contribution in [0.1, 0.15) is 56.6 Å². The summed E-state index contributed by atoms with van der Waals surface area (Å²) in [7, 11) is -3.45. The van der Waals surface area contributed by atoms with Crippen LogP contribution in [-0.2, 0) is 22.8 Å². The molecule has 2 bridgehead atoms. The first-order valence-corrected chi connectivity index (χ1v) is 14.9. The third-order valence-electron chi connectivity index (χ3n) is 7.79. The van der Waals surface area contributed by atoms with Gasteiger partial charge in [0.25, 0.3) is 0 Å². The normalized spacial score (nSPS) is 23.2. The maximum Gasteiger partial charge on any atom is 0.184 e. The lowest BCUT2D eigenvalue weighted by molar-refractivity contribution is 0.409. The molecular formula is C30H37N3O2S. The molecule has 5 nitrogen and oxygen atoms in total. The Morgan fingerprint density at radius 1 is 0.917 bits per heavy atom. The summed E-state index contributed by atoms with van der Waals surface area (Å²) in [5, 5.41) is 6.76. The fourth-order valence-corrected chi connectivity index (χ4v) is 8.03. The average molecular weight is 504 g/mol. The quantitative estimate of drug-likeness (QED) is 0.347. The highest BCUT2D eigenvalue weighted by molar-refractivity contribution is 7.92. The van der Waals surface area contributed by atoms with Crippen LogP contribution in [0.3, 0.4) is 0 Å². The van der Waals surface area contributed by atoms with Crippen LogP contribution in [-0.4, -0.2) is 36.8 Å². The molecule has 2 fully saturated rings. The average Bonchev–Trinajstić information content (AvgIpc) is 3.53. The van der Waals surface area contributed by atoms with Gasteiger partial charge in [-0.1, -0.05) is 62.6 Å². The Kier molecular flexibility index (Phi) is 7.85. The number of hydrogen-bond donors (Lipinski definition) is 2. The molecule has 0 saturated carbocycles. The number of nitrogens with zero attached hydrogens (tertiary/aromatic N) is 1. The van der Waals surface area contributed by atoms with Crippen LogP contribution >= 0.6 is 0 Å². The van der Waals surface area contributed by atoms with Gasteiger partial charge in [0.2, 0.25) is 0 Å². The summed E-state index contributed by atoms with van der Waals surface area (Å²) in [6.07, 6.45) is 11.4. The van der Waals surface area contributed by atoms with Crippen molar-refractivity contribution in [2.24, 2.45) is 0 Å². The van der Waals surface area contributed by atoms with Gasteiger partial charge < -0.3 is 10.6 Å².